The number of benzene rings is 1. The van der Waals surface area contributed by atoms with Gasteiger partial charge in [-0.25, -0.2) is 4.98 Å². The fourth-order valence-corrected chi connectivity index (χ4v) is 3.66. The van der Waals surface area contributed by atoms with Gasteiger partial charge in [0, 0.05) is 5.38 Å². The molecule has 96 valence electrons. The van der Waals surface area contributed by atoms with Crippen molar-refractivity contribution in [1.82, 2.24) is 4.98 Å². The smallest absolute Gasteiger partial charge is 0.131 e. The van der Waals surface area contributed by atoms with E-state index >= 15 is 0 Å². The van der Waals surface area contributed by atoms with Crippen LogP contribution in [-0.4, -0.2) is 10.1 Å². The van der Waals surface area contributed by atoms with E-state index in [1.807, 2.05) is 47.8 Å². The Hall–Kier alpha value is -1.20. The minimum Gasteiger partial charge on any atom is -0.381 e. The van der Waals surface area contributed by atoms with Gasteiger partial charge in [0.05, 0.1) is 14.9 Å². The summed E-state index contributed by atoms with van der Waals surface area (Å²) in [5.74, 6) is 0. The summed E-state index contributed by atoms with van der Waals surface area (Å²) in [6.45, 7) is 0. The second-order valence-electron chi connectivity index (χ2n) is 3.99. The van der Waals surface area contributed by atoms with Gasteiger partial charge in [-0.2, -0.15) is 0 Å². The van der Waals surface area contributed by atoms with Crippen molar-refractivity contribution < 1.29 is 5.11 Å². The lowest BCUT2D eigenvalue weighted by Gasteiger charge is -2.06. The number of aliphatic hydroxyl groups excluding tert-OH is 1. The van der Waals surface area contributed by atoms with Crippen LogP contribution in [0, 0.1) is 0 Å². The molecule has 0 radical (unpaired) electrons. The molecule has 0 saturated carbocycles. The van der Waals surface area contributed by atoms with E-state index in [-0.39, 0.29) is 0 Å². The monoisotopic (exact) mass is 307 g/mol. The van der Waals surface area contributed by atoms with Crippen molar-refractivity contribution in [2.75, 3.05) is 0 Å². The Kier molecular flexibility index (Phi) is 3.66. The Morgan fingerprint density at radius 3 is 2.58 bits per heavy atom. The lowest BCUT2D eigenvalue weighted by atomic mass is 10.1. The molecule has 0 amide bonds. The highest BCUT2D eigenvalue weighted by Gasteiger charge is 2.15. The molecule has 1 aromatic carbocycles. The first-order valence-electron chi connectivity index (χ1n) is 5.68. The van der Waals surface area contributed by atoms with Crippen LogP contribution in [0.5, 0.6) is 0 Å². The predicted octanol–water partition coefficient (Wildman–Crippen LogP) is 4.61. The molecular weight excluding hydrogens is 298 g/mol. The average molecular weight is 308 g/mol. The van der Waals surface area contributed by atoms with Gasteiger partial charge in [0.25, 0.3) is 0 Å². The summed E-state index contributed by atoms with van der Waals surface area (Å²) in [4.78, 5) is 5.51. The number of nitrogens with zero attached hydrogens (tertiary/aromatic N) is 1. The Balaban J connectivity index is 1.89. The summed E-state index contributed by atoms with van der Waals surface area (Å²) >= 11 is 8.87. The maximum absolute atomic E-state index is 10.3. The van der Waals surface area contributed by atoms with Crippen LogP contribution in [0.4, 0.5) is 0 Å². The maximum atomic E-state index is 10.3. The van der Waals surface area contributed by atoms with Gasteiger partial charge in [-0.3, -0.25) is 0 Å². The number of aromatic nitrogens is 1. The fraction of sp³-hybridized carbons (Fsp3) is 0.0714. The Morgan fingerprint density at radius 2 is 1.89 bits per heavy atom. The molecule has 0 fully saturated rings. The van der Waals surface area contributed by atoms with Crippen molar-refractivity contribution in [1.29, 1.82) is 0 Å². The van der Waals surface area contributed by atoms with Gasteiger partial charge < -0.3 is 5.11 Å². The zero-order chi connectivity index (χ0) is 13.2. The van der Waals surface area contributed by atoms with Crippen molar-refractivity contribution in [3.63, 3.8) is 0 Å². The molecule has 1 N–H and O–H groups in total. The molecule has 0 bridgehead atoms. The lowest BCUT2D eigenvalue weighted by Crippen LogP contribution is -1.98. The highest BCUT2D eigenvalue weighted by Crippen LogP contribution is 2.34. The van der Waals surface area contributed by atoms with Crippen LogP contribution in [0.3, 0.4) is 0 Å². The number of rotatable bonds is 3. The minimum absolute atomic E-state index is 0.671. The van der Waals surface area contributed by atoms with Gasteiger partial charge in [0.1, 0.15) is 11.1 Å². The summed E-state index contributed by atoms with van der Waals surface area (Å²) in [6, 6.07) is 13.3. The number of halogens is 1. The third-order valence-corrected chi connectivity index (χ3v) is 4.85. The summed E-state index contributed by atoms with van der Waals surface area (Å²) in [5, 5.41) is 12.9. The molecule has 1 atom stereocenters. The van der Waals surface area contributed by atoms with Gasteiger partial charge in [-0.1, -0.05) is 41.9 Å². The molecule has 3 rings (SSSR count). The number of hydrogen-bond donors (Lipinski definition) is 1. The standard InChI is InChI=1S/C14H10ClNOS2/c15-12-7-6-11(19-12)10-8-18-14(16-10)13(17)9-4-2-1-3-5-9/h1-8,13,17H. The van der Waals surface area contributed by atoms with E-state index in [0.717, 1.165) is 20.5 Å². The minimum atomic E-state index is -0.671. The predicted molar refractivity (Wildman–Crippen MR) is 80.9 cm³/mol. The van der Waals surface area contributed by atoms with E-state index in [1.165, 1.54) is 22.7 Å². The molecule has 19 heavy (non-hydrogen) atoms. The SMILES string of the molecule is OC(c1ccccc1)c1nc(-c2ccc(Cl)s2)cs1. The molecule has 5 heteroatoms. The maximum Gasteiger partial charge on any atom is 0.131 e. The first kappa shape index (κ1) is 12.8. The zero-order valence-corrected chi connectivity index (χ0v) is 12.2. The molecule has 0 spiro atoms. The van der Waals surface area contributed by atoms with E-state index in [2.05, 4.69) is 4.98 Å². The van der Waals surface area contributed by atoms with Crippen LogP contribution in [0.25, 0.3) is 10.6 Å². The molecule has 0 aliphatic rings. The van der Waals surface area contributed by atoms with Crippen LogP contribution in [0.1, 0.15) is 16.7 Å². The summed E-state index contributed by atoms with van der Waals surface area (Å²) < 4.78 is 0.744. The van der Waals surface area contributed by atoms with Gasteiger partial charge in [0.2, 0.25) is 0 Å². The number of thiazole rings is 1. The second-order valence-corrected chi connectivity index (χ2v) is 6.59. The van der Waals surface area contributed by atoms with E-state index in [1.54, 1.807) is 0 Å². The fourth-order valence-electron chi connectivity index (χ4n) is 1.76. The highest BCUT2D eigenvalue weighted by molar-refractivity contribution is 7.19. The number of thiophene rings is 1. The zero-order valence-electron chi connectivity index (χ0n) is 9.79. The van der Waals surface area contributed by atoms with E-state index in [0.29, 0.717) is 5.01 Å². The van der Waals surface area contributed by atoms with E-state index < -0.39 is 6.10 Å². The Morgan fingerprint density at radius 1 is 1.11 bits per heavy atom. The van der Waals surface area contributed by atoms with E-state index in [4.69, 9.17) is 11.6 Å². The third-order valence-electron chi connectivity index (χ3n) is 2.70. The van der Waals surface area contributed by atoms with Crippen LogP contribution < -0.4 is 0 Å². The van der Waals surface area contributed by atoms with Crippen molar-refractivity contribution in [2.24, 2.45) is 0 Å². The lowest BCUT2D eigenvalue weighted by molar-refractivity contribution is 0.220. The quantitative estimate of drug-likeness (QED) is 0.766. The van der Waals surface area contributed by atoms with Gasteiger partial charge in [-0.15, -0.1) is 22.7 Å². The topological polar surface area (TPSA) is 33.1 Å². The Bertz CT molecular complexity index is 678. The molecule has 0 aliphatic carbocycles. The average Bonchev–Trinajstić information content (AvgIpc) is 3.07. The van der Waals surface area contributed by atoms with Crippen LogP contribution in [-0.2, 0) is 0 Å². The Labute approximate surface area is 124 Å². The molecule has 1 unspecified atom stereocenters. The van der Waals surface area contributed by atoms with Crippen LogP contribution >= 0.6 is 34.3 Å². The molecule has 2 nitrogen and oxygen atoms in total. The summed E-state index contributed by atoms with van der Waals surface area (Å²) in [7, 11) is 0. The van der Waals surface area contributed by atoms with Crippen LogP contribution in [0.15, 0.2) is 47.8 Å². The van der Waals surface area contributed by atoms with Crippen molar-refractivity contribution in [2.45, 2.75) is 6.10 Å². The van der Waals surface area contributed by atoms with Crippen LogP contribution in [0.2, 0.25) is 4.34 Å². The first-order valence-corrected chi connectivity index (χ1v) is 7.75. The van der Waals surface area contributed by atoms with Crippen molar-refractivity contribution >= 4 is 34.3 Å². The molecular formula is C14H10ClNOS2. The normalized spacial score (nSPS) is 12.5. The molecule has 0 saturated heterocycles. The molecule has 2 heterocycles. The van der Waals surface area contributed by atoms with Gasteiger partial charge in [-0.05, 0) is 17.7 Å². The number of aliphatic hydroxyl groups is 1. The first-order chi connectivity index (χ1) is 9.24. The summed E-state index contributed by atoms with van der Waals surface area (Å²) in [6.07, 6.45) is -0.671. The van der Waals surface area contributed by atoms with Crippen molar-refractivity contribution in [3.05, 3.63) is 62.8 Å². The number of hydrogen-bond acceptors (Lipinski definition) is 4. The molecule has 2 aromatic heterocycles. The largest absolute Gasteiger partial charge is 0.381 e. The molecule has 0 aliphatic heterocycles. The van der Waals surface area contributed by atoms with Gasteiger partial charge in [0.15, 0.2) is 0 Å². The van der Waals surface area contributed by atoms with Crippen molar-refractivity contribution in [3.8, 4) is 10.6 Å². The van der Waals surface area contributed by atoms with E-state index in [9.17, 15) is 5.11 Å². The highest BCUT2D eigenvalue weighted by atomic mass is 35.5. The summed E-state index contributed by atoms with van der Waals surface area (Å²) in [5.41, 5.74) is 1.72. The molecule has 3 aromatic rings. The third kappa shape index (κ3) is 2.72. The van der Waals surface area contributed by atoms with Gasteiger partial charge >= 0.3 is 0 Å². The second kappa shape index (κ2) is 5.43.